The van der Waals surface area contributed by atoms with E-state index in [0.29, 0.717) is 0 Å². The zero-order valence-electron chi connectivity index (χ0n) is 9.50. The number of carbonyl (C=O) groups is 1. The van der Waals surface area contributed by atoms with Gasteiger partial charge in [-0.2, -0.15) is 0 Å². The summed E-state index contributed by atoms with van der Waals surface area (Å²) < 4.78 is 37.9. The second-order valence-electron chi connectivity index (χ2n) is 3.54. The second kappa shape index (κ2) is 4.46. The molecular formula is C10H11NO6S. The van der Waals surface area contributed by atoms with E-state index in [2.05, 4.69) is 4.74 Å². The molecule has 1 aromatic rings. The Kier molecular flexibility index (Phi) is 3.14. The standard InChI is InChI=1S/C10H11NO6S/c1-15-10(12)6-4-7-9(17-3-2-16-7)8(5-6)18(11,13)14/h4-5H,2-3H2,1H3,(H2,11,13,14). The van der Waals surface area contributed by atoms with Crippen LogP contribution in [0.15, 0.2) is 17.0 Å². The van der Waals surface area contributed by atoms with Gasteiger partial charge in [-0.15, -0.1) is 0 Å². The molecule has 1 aromatic carbocycles. The van der Waals surface area contributed by atoms with E-state index in [4.69, 9.17) is 14.6 Å². The molecule has 1 aliphatic rings. The zero-order chi connectivity index (χ0) is 13.3. The Labute approximate surface area is 103 Å². The maximum atomic E-state index is 11.5. The topological polar surface area (TPSA) is 105 Å². The van der Waals surface area contributed by atoms with Gasteiger partial charge < -0.3 is 14.2 Å². The molecule has 0 spiro atoms. The van der Waals surface area contributed by atoms with Crippen molar-refractivity contribution in [1.29, 1.82) is 0 Å². The molecule has 0 fully saturated rings. The summed E-state index contributed by atoms with van der Waals surface area (Å²) in [5.74, 6) is -0.499. The van der Waals surface area contributed by atoms with Crippen LogP contribution in [0.3, 0.4) is 0 Å². The molecule has 0 aromatic heterocycles. The molecule has 2 rings (SSSR count). The van der Waals surface area contributed by atoms with Crippen molar-refractivity contribution >= 4 is 16.0 Å². The van der Waals surface area contributed by atoms with Gasteiger partial charge >= 0.3 is 5.97 Å². The molecule has 0 saturated heterocycles. The number of carbonyl (C=O) groups excluding carboxylic acids is 1. The minimum absolute atomic E-state index is 0.0244. The number of primary sulfonamides is 1. The van der Waals surface area contributed by atoms with Crippen LogP contribution in [0.4, 0.5) is 0 Å². The first kappa shape index (κ1) is 12.7. The van der Waals surface area contributed by atoms with Crippen LogP contribution < -0.4 is 14.6 Å². The smallest absolute Gasteiger partial charge is 0.338 e. The predicted molar refractivity (Wildman–Crippen MR) is 60.1 cm³/mol. The van der Waals surface area contributed by atoms with Crippen LogP contribution in [-0.4, -0.2) is 34.7 Å². The highest BCUT2D eigenvalue weighted by Crippen LogP contribution is 2.37. The highest BCUT2D eigenvalue weighted by molar-refractivity contribution is 7.89. The van der Waals surface area contributed by atoms with Gasteiger partial charge in [-0.25, -0.2) is 18.4 Å². The summed E-state index contributed by atoms with van der Waals surface area (Å²) >= 11 is 0. The third-order valence-corrected chi connectivity index (χ3v) is 3.25. The molecule has 7 nitrogen and oxygen atoms in total. The number of esters is 1. The largest absolute Gasteiger partial charge is 0.486 e. The van der Waals surface area contributed by atoms with E-state index in [9.17, 15) is 13.2 Å². The summed E-state index contributed by atoms with van der Waals surface area (Å²) in [6, 6.07) is 2.46. The van der Waals surface area contributed by atoms with Crippen LogP contribution in [0.1, 0.15) is 10.4 Å². The van der Waals surface area contributed by atoms with Crippen LogP contribution in [-0.2, 0) is 14.8 Å². The van der Waals surface area contributed by atoms with Crippen molar-refractivity contribution in [2.45, 2.75) is 4.90 Å². The maximum Gasteiger partial charge on any atom is 0.338 e. The summed E-state index contributed by atoms with van der Waals surface area (Å²) in [7, 11) is -2.83. The molecule has 1 heterocycles. The van der Waals surface area contributed by atoms with Crippen LogP contribution in [0.2, 0.25) is 0 Å². The predicted octanol–water partition coefficient (Wildman–Crippen LogP) is -0.108. The Hall–Kier alpha value is -1.80. The van der Waals surface area contributed by atoms with Crippen molar-refractivity contribution in [1.82, 2.24) is 0 Å². The number of hydrogen-bond donors (Lipinski definition) is 1. The summed E-state index contributed by atoms with van der Waals surface area (Å²) in [4.78, 5) is 11.1. The molecule has 0 atom stereocenters. The number of methoxy groups -OCH3 is 1. The Morgan fingerprint density at radius 1 is 1.33 bits per heavy atom. The van der Waals surface area contributed by atoms with E-state index in [-0.39, 0.29) is 35.2 Å². The van der Waals surface area contributed by atoms with Crippen molar-refractivity contribution in [3.63, 3.8) is 0 Å². The third-order valence-electron chi connectivity index (χ3n) is 2.34. The van der Waals surface area contributed by atoms with Gasteiger partial charge in [0.25, 0.3) is 0 Å². The van der Waals surface area contributed by atoms with Crippen LogP contribution >= 0.6 is 0 Å². The molecule has 98 valence electrons. The fourth-order valence-corrected chi connectivity index (χ4v) is 2.28. The second-order valence-corrected chi connectivity index (χ2v) is 5.07. The van der Waals surface area contributed by atoms with Gasteiger partial charge in [-0.3, -0.25) is 0 Å². The lowest BCUT2D eigenvalue weighted by atomic mass is 10.2. The number of benzene rings is 1. The summed E-state index contributed by atoms with van der Waals surface area (Å²) in [6.07, 6.45) is 0. The highest BCUT2D eigenvalue weighted by atomic mass is 32.2. The van der Waals surface area contributed by atoms with Gasteiger partial charge in [-0.05, 0) is 12.1 Å². The average Bonchev–Trinajstić information content (AvgIpc) is 2.35. The number of rotatable bonds is 2. The fraction of sp³-hybridized carbons (Fsp3) is 0.300. The lowest BCUT2D eigenvalue weighted by Gasteiger charge is -2.21. The molecule has 2 N–H and O–H groups in total. The monoisotopic (exact) mass is 273 g/mol. The Morgan fingerprint density at radius 2 is 2.00 bits per heavy atom. The Bertz CT molecular complexity index is 595. The van der Waals surface area contributed by atoms with Gasteiger partial charge in [0.15, 0.2) is 11.5 Å². The molecule has 18 heavy (non-hydrogen) atoms. The molecule has 0 bridgehead atoms. The summed E-state index contributed by atoms with van der Waals surface area (Å²) in [5, 5.41) is 5.08. The zero-order valence-corrected chi connectivity index (χ0v) is 10.3. The normalized spacial score (nSPS) is 14.1. The average molecular weight is 273 g/mol. The van der Waals surface area contributed by atoms with Gasteiger partial charge in [0, 0.05) is 0 Å². The van der Waals surface area contributed by atoms with E-state index in [1.807, 2.05) is 0 Å². The van der Waals surface area contributed by atoms with Crippen LogP contribution in [0.5, 0.6) is 11.5 Å². The van der Waals surface area contributed by atoms with Crippen molar-refractivity contribution in [3.8, 4) is 11.5 Å². The van der Waals surface area contributed by atoms with Gasteiger partial charge in [0.1, 0.15) is 18.1 Å². The van der Waals surface area contributed by atoms with Crippen molar-refractivity contribution in [2.75, 3.05) is 20.3 Å². The van der Waals surface area contributed by atoms with Crippen molar-refractivity contribution in [3.05, 3.63) is 17.7 Å². The molecular weight excluding hydrogens is 262 g/mol. The van der Waals surface area contributed by atoms with E-state index in [1.165, 1.54) is 13.2 Å². The van der Waals surface area contributed by atoms with E-state index >= 15 is 0 Å². The summed E-state index contributed by atoms with van der Waals surface area (Å²) in [6.45, 7) is 0.481. The molecule has 1 aliphatic heterocycles. The highest BCUT2D eigenvalue weighted by Gasteiger charge is 2.26. The first-order valence-corrected chi connectivity index (χ1v) is 6.53. The van der Waals surface area contributed by atoms with Gasteiger partial charge in [0.05, 0.1) is 12.7 Å². The Morgan fingerprint density at radius 3 is 2.61 bits per heavy atom. The number of hydrogen-bond acceptors (Lipinski definition) is 6. The van der Waals surface area contributed by atoms with Crippen LogP contribution in [0, 0.1) is 0 Å². The first-order chi connectivity index (χ1) is 8.43. The maximum absolute atomic E-state index is 11.5. The molecule has 8 heteroatoms. The van der Waals surface area contributed by atoms with E-state index < -0.39 is 16.0 Å². The molecule has 0 saturated carbocycles. The molecule has 0 aliphatic carbocycles. The summed E-state index contributed by atoms with van der Waals surface area (Å²) in [5.41, 5.74) is 0.0331. The Balaban J connectivity index is 2.66. The lowest BCUT2D eigenvalue weighted by Crippen LogP contribution is -2.21. The van der Waals surface area contributed by atoms with Crippen LogP contribution in [0.25, 0.3) is 0 Å². The molecule has 0 unspecified atom stereocenters. The molecule has 0 amide bonds. The van der Waals surface area contributed by atoms with Crippen molar-refractivity contribution < 1.29 is 27.4 Å². The lowest BCUT2D eigenvalue weighted by molar-refractivity contribution is 0.0599. The van der Waals surface area contributed by atoms with Gasteiger partial charge in [-0.1, -0.05) is 0 Å². The fourth-order valence-electron chi connectivity index (χ4n) is 1.57. The quantitative estimate of drug-likeness (QED) is 0.754. The van der Waals surface area contributed by atoms with Gasteiger partial charge in [0.2, 0.25) is 10.0 Å². The third kappa shape index (κ3) is 2.24. The minimum Gasteiger partial charge on any atom is -0.486 e. The number of sulfonamides is 1. The van der Waals surface area contributed by atoms with E-state index in [0.717, 1.165) is 6.07 Å². The minimum atomic E-state index is -4.02. The number of nitrogens with two attached hydrogens (primary N) is 1. The SMILES string of the molecule is COC(=O)c1cc2c(c(S(N)(=O)=O)c1)OCCO2. The number of ether oxygens (including phenoxy) is 3. The van der Waals surface area contributed by atoms with E-state index in [1.54, 1.807) is 0 Å². The van der Waals surface area contributed by atoms with Crippen molar-refractivity contribution in [2.24, 2.45) is 5.14 Å². The number of fused-ring (bicyclic) bond motifs is 1. The molecule has 0 radical (unpaired) electrons. The first-order valence-electron chi connectivity index (χ1n) is 4.98.